The number of amides is 1. The molecule has 0 aliphatic carbocycles. The van der Waals surface area contributed by atoms with E-state index in [4.69, 9.17) is 4.74 Å². The van der Waals surface area contributed by atoms with Crippen molar-refractivity contribution < 1.29 is 9.53 Å². The molecule has 2 heterocycles. The van der Waals surface area contributed by atoms with Crippen molar-refractivity contribution in [1.82, 2.24) is 10.2 Å². The standard InChI is InChI=1S/C23H28N2O2/c1-2-27-22-12-8-18(9-13-22)23(26)24-19-14-20-10-11-21(15-19)25(20)16-17-6-4-3-5-7-17/h3-9,12-13,19-21H,2,10-11,14-16H2,1H3,(H,24,26)/t19?,20-,21+. The number of nitrogens with one attached hydrogen (secondary N) is 1. The third-order valence-electron chi connectivity index (χ3n) is 5.86. The highest BCUT2D eigenvalue weighted by Gasteiger charge is 2.40. The van der Waals surface area contributed by atoms with Crippen molar-refractivity contribution in [2.75, 3.05) is 6.61 Å². The minimum atomic E-state index is 0.0268. The van der Waals surface area contributed by atoms with Gasteiger partial charge in [0.25, 0.3) is 5.91 Å². The first-order valence-electron chi connectivity index (χ1n) is 10.1. The SMILES string of the molecule is CCOc1ccc(C(=O)NC2C[C@H]3CC[C@@H](C2)N3Cc2ccccc2)cc1. The van der Waals surface area contributed by atoms with Gasteiger partial charge >= 0.3 is 0 Å². The molecule has 142 valence electrons. The van der Waals surface area contributed by atoms with Gasteiger partial charge < -0.3 is 10.1 Å². The summed E-state index contributed by atoms with van der Waals surface area (Å²) in [7, 11) is 0. The Hall–Kier alpha value is -2.33. The van der Waals surface area contributed by atoms with Crippen LogP contribution in [0.15, 0.2) is 54.6 Å². The molecule has 4 nitrogen and oxygen atoms in total. The molecule has 0 radical (unpaired) electrons. The van der Waals surface area contributed by atoms with Crippen molar-refractivity contribution in [3.05, 3.63) is 65.7 Å². The van der Waals surface area contributed by atoms with Gasteiger partial charge in [0, 0.05) is 30.2 Å². The predicted molar refractivity (Wildman–Crippen MR) is 107 cm³/mol. The van der Waals surface area contributed by atoms with Crippen LogP contribution in [0.25, 0.3) is 0 Å². The Kier molecular flexibility index (Phi) is 5.44. The second-order valence-electron chi connectivity index (χ2n) is 7.64. The van der Waals surface area contributed by atoms with Crippen LogP contribution in [0.2, 0.25) is 0 Å². The van der Waals surface area contributed by atoms with Crippen LogP contribution in [0.3, 0.4) is 0 Å². The van der Waals surface area contributed by atoms with Gasteiger partial charge in [0.05, 0.1) is 6.61 Å². The highest BCUT2D eigenvalue weighted by Crippen LogP contribution is 2.37. The van der Waals surface area contributed by atoms with Gasteiger partial charge in [-0.1, -0.05) is 30.3 Å². The van der Waals surface area contributed by atoms with E-state index in [1.165, 1.54) is 18.4 Å². The van der Waals surface area contributed by atoms with Gasteiger partial charge in [-0.15, -0.1) is 0 Å². The van der Waals surface area contributed by atoms with Crippen molar-refractivity contribution in [3.8, 4) is 5.75 Å². The quantitative estimate of drug-likeness (QED) is 0.842. The van der Waals surface area contributed by atoms with E-state index >= 15 is 0 Å². The zero-order valence-electron chi connectivity index (χ0n) is 15.9. The molecule has 4 heteroatoms. The monoisotopic (exact) mass is 364 g/mol. The van der Waals surface area contributed by atoms with E-state index in [-0.39, 0.29) is 11.9 Å². The summed E-state index contributed by atoms with van der Waals surface area (Å²) in [6, 6.07) is 19.6. The first kappa shape index (κ1) is 18.1. The number of hydrogen-bond donors (Lipinski definition) is 1. The predicted octanol–water partition coefficient (Wildman–Crippen LogP) is 4.01. The third kappa shape index (κ3) is 4.16. The molecule has 2 saturated heterocycles. The molecule has 3 atom stereocenters. The Morgan fingerprint density at radius 1 is 1.04 bits per heavy atom. The molecular formula is C23H28N2O2. The first-order valence-corrected chi connectivity index (χ1v) is 10.1. The van der Waals surface area contributed by atoms with Gasteiger partial charge in [-0.25, -0.2) is 0 Å². The summed E-state index contributed by atoms with van der Waals surface area (Å²) in [5.74, 6) is 0.834. The number of hydrogen-bond acceptors (Lipinski definition) is 3. The molecule has 0 spiro atoms. The highest BCUT2D eigenvalue weighted by molar-refractivity contribution is 5.94. The van der Waals surface area contributed by atoms with E-state index in [0.29, 0.717) is 24.3 Å². The van der Waals surface area contributed by atoms with Crippen LogP contribution in [0.1, 0.15) is 48.5 Å². The third-order valence-corrected chi connectivity index (χ3v) is 5.86. The highest BCUT2D eigenvalue weighted by atomic mass is 16.5. The largest absolute Gasteiger partial charge is 0.494 e. The average molecular weight is 364 g/mol. The Bertz CT molecular complexity index is 746. The molecule has 2 aromatic rings. The van der Waals surface area contributed by atoms with Crippen LogP contribution < -0.4 is 10.1 Å². The zero-order valence-corrected chi connectivity index (χ0v) is 15.9. The van der Waals surface area contributed by atoms with E-state index in [0.717, 1.165) is 25.1 Å². The van der Waals surface area contributed by atoms with Crippen LogP contribution in [0.5, 0.6) is 5.75 Å². The van der Waals surface area contributed by atoms with E-state index in [1.54, 1.807) is 0 Å². The number of nitrogens with zero attached hydrogens (tertiary/aromatic N) is 1. The van der Waals surface area contributed by atoms with Crippen LogP contribution in [-0.2, 0) is 6.54 Å². The average Bonchev–Trinajstić information content (AvgIpc) is 2.92. The number of benzene rings is 2. The van der Waals surface area contributed by atoms with Crippen LogP contribution >= 0.6 is 0 Å². The lowest BCUT2D eigenvalue weighted by Gasteiger charge is -2.39. The number of ether oxygens (including phenoxy) is 1. The van der Waals surface area contributed by atoms with Crippen molar-refractivity contribution >= 4 is 5.91 Å². The summed E-state index contributed by atoms with van der Waals surface area (Å²) < 4.78 is 5.45. The molecule has 1 unspecified atom stereocenters. The molecular weight excluding hydrogens is 336 g/mol. The zero-order chi connectivity index (χ0) is 18.6. The fraction of sp³-hybridized carbons (Fsp3) is 0.435. The van der Waals surface area contributed by atoms with Crippen LogP contribution in [0, 0.1) is 0 Å². The van der Waals surface area contributed by atoms with Crippen LogP contribution in [-0.4, -0.2) is 35.5 Å². The summed E-state index contributed by atoms with van der Waals surface area (Å²) in [5.41, 5.74) is 2.09. The van der Waals surface area contributed by atoms with E-state index in [2.05, 4.69) is 40.5 Å². The lowest BCUT2D eigenvalue weighted by Crippen LogP contribution is -2.49. The maximum absolute atomic E-state index is 12.6. The van der Waals surface area contributed by atoms with Crippen molar-refractivity contribution in [2.45, 2.75) is 57.3 Å². The molecule has 2 bridgehead atoms. The first-order chi connectivity index (χ1) is 13.2. The number of fused-ring (bicyclic) bond motifs is 2. The summed E-state index contributed by atoms with van der Waals surface area (Å²) in [6.07, 6.45) is 4.58. The van der Waals surface area contributed by atoms with Crippen molar-refractivity contribution in [3.63, 3.8) is 0 Å². The van der Waals surface area contributed by atoms with E-state index in [1.807, 2.05) is 31.2 Å². The van der Waals surface area contributed by atoms with Gasteiger partial charge in [-0.2, -0.15) is 0 Å². The molecule has 2 aromatic carbocycles. The van der Waals surface area contributed by atoms with Gasteiger partial charge in [-0.05, 0) is 62.4 Å². The molecule has 2 aliphatic rings. The fourth-order valence-electron chi connectivity index (χ4n) is 4.58. The minimum Gasteiger partial charge on any atom is -0.494 e. The van der Waals surface area contributed by atoms with E-state index < -0.39 is 0 Å². The Labute approximate surface area is 161 Å². The summed E-state index contributed by atoms with van der Waals surface area (Å²) in [4.78, 5) is 15.3. The van der Waals surface area contributed by atoms with Crippen molar-refractivity contribution in [1.29, 1.82) is 0 Å². The topological polar surface area (TPSA) is 41.6 Å². The Morgan fingerprint density at radius 2 is 1.70 bits per heavy atom. The fourth-order valence-corrected chi connectivity index (χ4v) is 4.58. The maximum atomic E-state index is 12.6. The number of carbonyl (C=O) groups is 1. The van der Waals surface area contributed by atoms with Crippen LogP contribution in [0.4, 0.5) is 0 Å². The summed E-state index contributed by atoms with van der Waals surface area (Å²) in [6.45, 7) is 3.62. The lowest BCUT2D eigenvalue weighted by molar-refractivity contribution is 0.0828. The molecule has 2 aliphatic heterocycles. The lowest BCUT2D eigenvalue weighted by atomic mass is 9.96. The van der Waals surface area contributed by atoms with Gasteiger partial charge in [-0.3, -0.25) is 9.69 Å². The molecule has 2 fully saturated rings. The minimum absolute atomic E-state index is 0.0268. The normalized spacial score (nSPS) is 24.6. The molecule has 0 aromatic heterocycles. The van der Waals surface area contributed by atoms with E-state index in [9.17, 15) is 4.79 Å². The molecule has 27 heavy (non-hydrogen) atoms. The second-order valence-corrected chi connectivity index (χ2v) is 7.64. The number of rotatable bonds is 6. The second kappa shape index (κ2) is 8.13. The van der Waals surface area contributed by atoms with Gasteiger partial charge in [0.15, 0.2) is 0 Å². The Morgan fingerprint density at radius 3 is 2.33 bits per heavy atom. The summed E-state index contributed by atoms with van der Waals surface area (Å²) in [5, 5.41) is 3.27. The van der Waals surface area contributed by atoms with Crippen molar-refractivity contribution in [2.24, 2.45) is 0 Å². The van der Waals surface area contributed by atoms with Gasteiger partial charge in [0.1, 0.15) is 5.75 Å². The molecule has 1 amide bonds. The molecule has 4 rings (SSSR count). The number of carbonyl (C=O) groups excluding carboxylic acids is 1. The maximum Gasteiger partial charge on any atom is 0.251 e. The smallest absolute Gasteiger partial charge is 0.251 e. The van der Waals surface area contributed by atoms with Gasteiger partial charge in [0.2, 0.25) is 0 Å². The summed E-state index contributed by atoms with van der Waals surface area (Å²) >= 11 is 0. The molecule has 1 N–H and O–H groups in total. The Balaban J connectivity index is 1.35. The number of piperidine rings is 1. The molecule has 0 saturated carbocycles.